The van der Waals surface area contributed by atoms with Crippen molar-refractivity contribution < 1.29 is 21.6 Å². The summed E-state index contributed by atoms with van der Waals surface area (Å²) in [6, 6.07) is 6.30. The summed E-state index contributed by atoms with van der Waals surface area (Å²) in [6.07, 6.45) is 1.48. The third kappa shape index (κ3) is 5.24. The fourth-order valence-corrected chi connectivity index (χ4v) is 6.37. The average Bonchev–Trinajstić information content (AvgIpc) is 2.68. The zero-order chi connectivity index (χ0) is 20.8. The highest BCUT2D eigenvalue weighted by Crippen LogP contribution is 2.22. The van der Waals surface area contributed by atoms with Crippen LogP contribution >= 0.6 is 0 Å². The molecule has 0 radical (unpaired) electrons. The normalized spacial score (nSPS) is 17.1. The summed E-state index contributed by atoms with van der Waals surface area (Å²) < 4.78 is 61.0. The Balaban J connectivity index is 2.07. The van der Waals surface area contributed by atoms with Crippen LogP contribution in [-0.4, -0.2) is 75.6 Å². The lowest BCUT2D eigenvalue weighted by Crippen LogP contribution is -2.54. The van der Waals surface area contributed by atoms with Crippen LogP contribution in [0.25, 0.3) is 0 Å². The zero-order valence-corrected chi connectivity index (χ0v) is 18.5. The molecule has 1 aliphatic rings. The predicted octanol–water partition coefficient (Wildman–Crippen LogP) is 1.76. The second kappa shape index (κ2) is 10.0. The van der Waals surface area contributed by atoms with E-state index in [9.17, 15) is 16.8 Å². The highest BCUT2D eigenvalue weighted by molar-refractivity contribution is 7.89. The van der Waals surface area contributed by atoms with E-state index < -0.39 is 20.2 Å². The molecule has 0 aromatic heterocycles. The molecule has 160 valence electrons. The van der Waals surface area contributed by atoms with Crippen LogP contribution < -0.4 is 4.74 Å². The number of hydrogen-bond donors (Lipinski definition) is 0. The van der Waals surface area contributed by atoms with Crippen LogP contribution in [0.5, 0.6) is 5.75 Å². The standard InChI is InChI=1S/C18H31N3O5S2/c1-4-11-20(12-5-2)28(24,25)21-15-13-19(14-16-21)27(22,23)18-9-7-17(8-10-18)26-6-3/h7-10H,4-6,11-16H2,1-3H3. The molecule has 0 aliphatic carbocycles. The van der Waals surface area contributed by atoms with Crippen molar-refractivity contribution in [2.45, 2.75) is 38.5 Å². The molecule has 0 bridgehead atoms. The minimum Gasteiger partial charge on any atom is -0.494 e. The summed E-state index contributed by atoms with van der Waals surface area (Å²) in [6.45, 7) is 7.80. The smallest absolute Gasteiger partial charge is 0.282 e. The summed E-state index contributed by atoms with van der Waals surface area (Å²) in [5.74, 6) is 0.615. The lowest BCUT2D eigenvalue weighted by molar-refractivity contribution is 0.253. The maximum absolute atomic E-state index is 12.9. The molecule has 1 aromatic rings. The average molecular weight is 434 g/mol. The largest absolute Gasteiger partial charge is 0.494 e. The molecule has 0 atom stereocenters. The first kappa shape index (κ1) is 23.1. The van der Waals surface area contributed by atoms with Crippen molar-refractivity contribution in [2.75, 3.05) is 45.9 Å². The quantitative estimate of drug-likeness (QED) is 0.561. The van der Waals surface area contributed by atoms with Crippen molar-refractivity contribution in [2.24, 2.45) is 0 Å². The van der Waals surface area contributed by atoms with Crippen molar-refractivity contribution >= 4 is 20.2 Å². The van der Waals surface area contributed by atoms with E-state index in [-0.39, 0.29) is 31.1 Å². The summed E-state index contributed by atoms with van der Waals surface area (Å²) >= 11 is 0. The number of benzene rings is 1. The van der Waals surface area contributed by atoms with Gasteiger partial charge in [-0.25, -0.2) is 8.42 Å². The van der Waals surface area contributed by atoms with E-state index in [4.69, 9.17) is 4.74 Å². The Morgan fingerprint density at radius 2 is 1.36 bits per heavy atom. The van der Waals surface area contributed by atoms with Gasteiger partial charge in [-0.3, -0.25) is 0 Å². The number of nitrogens with zero attached hydrogens (tertiary/aromatic N) is 3. The Hall–Kier alpha value is -1.20. The molecule has 0 spiro atoms. The SMILES string of the molecule is CCCN(CCC)S(=O)(=O)N1CCN(S(=O)(=O)c2ccc(OCC)cc2)CC1. The predicted molar refractivity (Wildman–Crippen MR) is 109 cm³/mol. The van der Waals surface area contributed by atoms with Gasteiger partial charge in [0.1, 0.15) is 5.75 Å². The monoisotopic (exact) mass is 433 g/mol. The molecule has 1 fully saturated rings. The van der Waals surface area contributed by atoms with Crippen LogP contribution in [0.1, 0.15) is 33.6 Å². The van der Waals surface area contributed by atoms with Gasteiger partial charge in [0.25, 0.3) is 10.2 Å². The van der Waals surface area contributed by atoms with Crippen LogP contribution in [-0.2, 0) is 20.2 Å². The lowest BCUT2D eigenvalue weighted by atomic mass is 10.3. The Kier molecular flexibility index (Phi) is 8.26. The van der Waals surface area contributed by atoms with Gasteiger partial charge in [0.15, 0.2) is 0 Å². The van der Waals surface area contributed by atoms with Gasteiger partial charge in [-0.05, 0) is 44.0 Å². The first-order valence-corrected chi connectivity index (χ1v) is 12.6. The number of rotatable bonds is 10. The molecule has 8 nitrogen and oxygen atoms in total. The van der Waals surface area contributed by atoms with Crippen molar-refractivity contribution in [3.8, 4) is 5.75 Å². The number of hydrogen-bond acceptors (Lipinski definition) is 5. The zero-order valence-electron chi connectivity index (χ0n) is 16.9. The van der Waals surface area contributed by atoms with Gasteiger partial charge >= 0.3 is 0 Å². The molecule has 1 aliphatic heterocycles. The molecule has 0 saturated carbocycles. The van der Waals surface area contributed by atoms with E-state index in [1.165, 1.54) is 25.0 Å². The van der Waals surface area contributed by atoms with Crippen molar-refractivity contribution in [1.29, 1.82) is 0 Å². The molecule has 0 unspecified atom stereocenters. The van der Waals surface area contributed by atoms with E-state index in [1.807, 2.05) is 20.8 Å². The molecule has 2 rings (SSSR count). The maximum Gasteiger partial charge on any atom is 0.282 e. The summed E-state index contributed by atoms with van der Waals surface area (Å²) in [5, 5.41) is 0. The van der Waals surface area contributed by atoms with E-state index in [1.54, 1.807) is 12.1 Å². The Bertz CT molecular complexity index is 811. The highest BCUT2D eigenvalue weighted by Gasteiger charge is 2.35. The maximum atomic E-state index is 12.9. The van der Waals surface area contributed by atoms with Crippen LogP contribution in [0.3, 0.4) is 0 Å². The second-order valence-corrected chi connectivity index (χ2v) is 10.5. The third-order valence-corrected chi connectivity index (χ3v) is 8.52. The van der Waals surface area contributed by atoms with Gasteiger partial charge in [-0.1, -0.05) is 13.8 Å². The van der Waals surface area contributed by atoms with E-state index >= 15 is 0 Å². The molecule has 28 heavy (non-hydrogen) atoms. The fourth-order valence-electron chi connectivity index (χ4n) is 3.17. The van der Waals surface area contributed by atoms with Gasteiger partial charge in [-0.15, -0.1) is 0 Å². The van der Waals surface area contributed by atoms with Gasteiger partial charge < -0.3 is 4.74 Å². The minimum absolute atomic E-state index is 0.140. The van der Waals surface area contributed by atoms with E-state index in [2.05, 4.69) is 0 Å². The lowest BCUT2D eigenvalue weighted by Gasteiger charge is -2.36. The fraction of sp³-hybridized carbons (Fsp3) is 0.667. The van der Waals surface area contributed by atoms with E-state index in [0.717, 1.165) is 12.8 Å². The molecule has 1 saturated heterocycles. The van der Waals surface area contributed by atoms with Crippen molar-refractivity contribution in [3.05, 3.63) is 24.3 Å². The Labute approximate surface area is 169 Å². The molecular weight excluding hydrogens is 402 g/mol. The Morgan fingerprint density at radius 3 is 1.82 bits per heavy atom. The van der Waals surface area contributed by atoms with Gasteiger partial charge in [0.2, 0.25) is 10.0 Å². The number of sulfonamides is 1. The first-order valence-electron chi connectivity index (χ1n) is 9.75. The number of piperazine rings is 1. The molecular formula is C18H31N3O5S2. The number of ether oxygens (including phenoxy) is 1. The van der Waals surface area contributed by atoms with Gasteiger partial charge in [0, 0.05) is 39.3 Å². The van der Waals surface area contributed by atoms with Gasteiger partial charge in [-0.2, -0.15) is 21.3 Å². The Morgan fingerprint density at radius 1 is 0.857 bits per heavy atom. The third-order valence-electron chi connectivity index (χ3n) is 4.57. The van der Waals surface area contributed by atoms with Crippen molar-refractivity contribution in [1.82, 2.24) is 12.9 Å². The summed E-state index contributed by atoms with van der Waals surface area (Å²) in [7, 11) is -7.23. The second-order valence-electron chi connectivity index (χ2n) is 6.61. The van der Waals surface area contributed by atoms with Crippen LogP contribution in [0.15, 0.2) is 29.2 Å². The minimum atomic E-state index is -3.66. The molecule has 10 heteroatoms. The summed E-state index contributed by atoms with van der Waals surface area (Å²) in [4.78, 5) is 0.186. The molecule has 1 heterocycles. The van der Waals surface area contributed by atoms with E-state index in [0.29, 0.717) is 25.4 Å². The van der Waals surface area contributed by atoms with Crippen LogP contribution in [0.2, 0.25) is 0 Å². The van der Waals surface area contributed by atoms with Crippen molar-refractivity contribution in [3.63, 3.8) is 0 Å². The highest BCUT2D eigenvalue weighted by atomic mass is 32.2. The topological polar surface area (TPSA) is 87.2 Å². The van der Waals surface area contributed by atoms with Crippen LogP contribution in [0.4, 0.5) is 0 Å². The summed E-state index contributed by atoms with van der Waals surface area (Å²) in [5.41, 5.74) is 0. The first-order chi connectivity index (χ1) is 13.3. The molecule has 0 N–H and O–H groups in total. The van der Waals surface area contributed by atoms with Crippen LogP contribution in [0, 0.1) is 0 Å². The molecule has 0 amide bonds. The molecule has 1 aromatic carbocycles. The van der Waals surface area contributed by atoms with Gasteiger partial charge in [0.05, 0.1) is 11.5 Å².